The van der Waals surface area contributed by atoms with E-state index in [0.29, 0.717) is 11.7 Å². The second-order valence-corrected chi connectivity index (χ2v) is 5.83. The minimum absolute atomic E-state index is 0.373. The molecule has 2 amide bonds. The minimum atomic E-state index is -0.638. The van der Waals surface area contributed by atoms with E-state index in [1.54, 1.807) is 0 Å². The normalized spacial score (nSPS) is 11.2. The van der Waals surface area contributed by atoms with Crippen molar-refractivity contribution < 1.29 is 9.59 Å². The predicted octanol–water partition coefficient (Wildman–Crippen LogP) is 2.04. The fourth-order valence-corrected chi connectivity index (χ4v) is 2.29. The van der Waals surface area contributed by atoms with Gasteiger partial charge in [-0.2, -0.15) is 0 Å². The smallest absolute Gasteiger partial charge is 0.315 e. The number of likely N-dealkylation sites (N-methyl/N-ethyl adjacent to an activating group) is 1. The van der Waals surface area contributed by atoms with Gasteiger partial charge in [-0.1, -0.05) is 0 Å². The lowest BCUT2D eigenvalue weighted by atomic mass is 10.1. The van der Waals surface area contributed by atoms with Gasteiger partial charge in [-0.05, 0) is 34.6 Å². The van der Waals surface area contributed by atoms with Crippen LogP contribution >= 0.6 is 11.3 Å². The number of carbonyl (C=O) groups excluding carboxylic acids is 2. The number of amides is 2. The number of aromatic nitrogens is 1. The molecule has 0 saturated heterocycles. The Morgan fingerprint density at radius 3 is 2.44 bits per heavy atom. The molecule has 100 valence electrons. The van der Waals surface area contributed by atoms with Crippen molar-refractivity contribution in [3.05, 3.63) is 11.1 Å². The Morgan fingerprint density at radius 2 is 2.06 bits per heavy atom. The van der Waals surface area contributed by atoms with Crippen LogP contribution in [0.1, 0.15) is 33.4 Å². The Bertz CT molecular complexity index is 448. The number of hydrogen-bond donors (Lipinski definition) is 1. The highest BCUT2D eigenvalue weighted by Gasteiger charge is 2.29. The summed E-state index contributed by atoms with van der Waals surface area (Å²) in [4.78, 5) is 29.5. The van der Waals surface area contributed by atoms with E-state index in [-0.39, 0.29) is 5.54 Å². The average Bonchev–Trinajstić information content (AvgIpc) is 2.62. The van der Waals surface area contributed by atoms with Crippen molar-refractivity contribution in [1.29, 1.82) is 0 Å². The first-order valence-electron chi connectivity index (χ1n) is 5.80. The third-order valence-corrected chi connectivity index (χ3v) is 3.28. The van der Waals surface area contributed by atoms with Gasteiger partial charge in [0, 0.05) is 17.5 Å². The molecule has 0 aliphatic carbocycles. The summed E-state index contributed by atoms with van der Waals surface area (Å²) >= 11 is 1.31. The second-order valence-electron chi connectivity index (χ2n) is 4.97. The van der Waals surface area contributed by atoms with Crippen LogP contribution in [0.25, 0.3) is 0 Å². The van der Waals surface area contributed by atoms with Crippen LogP contribution in [-0.4, -0.2) is 33.8 Å². The molecule has 1 N–H and O–H groups in total. The maximum Gasteiger partial charge on any atom is 0.315 e. The van der Waals surface area contributed by atoms with Crippen molar-refractivity contribution in [1.82, 2.24) is 9.88 Å². The van der Waals surface area contributed by atoms with E-state index in [9.17, 15) is 9.59 Å². The fraction of sp³-hybridized carbons (Fsp3) is 0.583. The van der Waals surface area contributed by atoms with Crippen LogP contribution in [0.15, 0.2) is 5.38 Å². The van der Waals surface area contributed by atoms with Gasteiger partial charge < -0.3 is 4.90 Å². The molecule has 1 aromatic rings. The van der Waals surface area contributed by atoms with Gasteiger partial charge in [0.1, 0.15) is 0 Å². The molecule has 5 nitrogen and oxygen atoms in total. The highest BCUT2D eigenvalue weighted by atomic mass is 32.1. The molecule has 1 heterocycles. The number of nitrogens with zero attached hydrogens (tertiary/aromatic N) is 2. The highest BCUT2D eigenvalue weighted by molar-refractivity contribution is 7.14. The average molecular weight is 269 g/mol. The van der Waals surface area contributed by atoms with Crippen LogP contribution in [0, 0.1) is 6.92 Å². The third-order valence-electron chi connectivity index (χ3n) is 2.40. The molecule has 1 rings (SSSR count). The molecule has 0 aliphatic rings. The number of rotatable bonds is 2. The standard InChI is InChI=1S/C12H19N3O2S/c1-6-15(12(3,4)5)10(17)9(16)14-11-13-8(2)7-18-11/h7H,6H2,1-5H3,(H,13,14,16). The molecule has 0 spiro atoms. The van der Waals surface area contributed by atoms with E-state index >= 15 is 0 Å². The largest absolute Gasteiger partial charge is 0.330 e. The summed E-state index contributed by atoms with van der Waals surface area (Å²) in [6.07, 6.45) is 0. The summed E-state index contributed by atoms with van der Waals surface area (Å²) in [6, 6.07) is 0. The molecule has 0 atom stereocenters. The molecule has 1 aromatic heterocycles. The third kappa shape index (κ3) is 3.53. The Labute approximate surface area is 111 Å². The lowest BCUT2D eigenvalue weighted by Gasteiger charge is -2.34. The lowest BCUT2D eigenvalue weighted by molar-refractivity contribution is -0.146. The van der Waals surface area contributed by atoms with Crippen LogP contribution in [-0.2, 0) is 9.59 Å². The summed E-state index contributed by atoms with van der Waals surface area (Å²) in [7, 11) is 0. The number of anilines is 1. The van der Waals surface area contributed by atoms with Crippen LogP contribution in [0.4, 0.5) is 5.13 Å². The molecule has 0 radical (unpaired) electrons. The lowest BCUT2D eigenvalue weighted by Crippen LogP contribution is -2.49. The summed E-state index contributed by atoms with van der Waals surface area (Å²) in [5.74, 6) is -1.17. The Hall–Kier alpha value is -1.43. The minimum Gasteiger partial charge on any atom is -0.330 e. The molecule has 0 aliphatic heterocycles. The van der Waals surface area contributed by atoms with Crippen LogP contribution < -0.4 is 5.32 Å². The van der Waals surface area contributed by atoms with Crippen molar-refractivity contribution in [3.63, 3.8) is 0 Å². The maximum atomic E-state index is 12.0. The fourth-order valence-electron chi connectivity index (χ4n) is 1.61. The zero-order valence-electron chi connectivity index (χ0n) is 11.4. The van der Waals surface area contributed by atoms with E-state index in [4.69, 9.17) is 0 Å². The van der Waals surface area contributed by atoms with Crippen LogP contribution in [0.5, 0.6) is 0 Å². The van der Waals surface area contributed by atoms with Gasteiger partial charge in [0.2, 0.25) is 0 Å². The number of aryl methyl sites for hydroxylation is 1. The van der Waals surface area contributed by atoms with Gasteiger partial charge >= 0.3 is 11.8 Å². The van der Waals surface area contributed by atoms with E-state index < -0.39 is 11.8 Å². The predicted molar refractivity (Wildman–Crippen MR) is 72.6 cm³/mol. The second kappa shape index (κ2) is 5.48. The number of thiazole rings is 1. The Balaban J connectivity index is 2.75. The van der Waals surface area contributed by atoms with Gasteiger partial charge in [0.05, 0.1) is 5.69 Å². The first-order chi connectivity index (χ1) is 8.25. The topological polar surface area (TPSA) is 62.3 Å². The van der Waals surface area contributed by atoms with E-state index in [1.807, 2.05) is 40.0 Å². The quantitative estimate of drug-likeness (QED) is 0.836. The van der Waals surface area contributed by atoms with E-state index in [2.05, 4.69) is 10.3 Å². The van der Waals surface area contributed by atoms with Gasteiger partial charge in [0.15, 0.2) is 5.13 Å². The molecule has 0 unspecified atom stereocenters. The van der Waals surface area contributed by atoms with Crippen molar-refractivity contribution in [2.75, 3.05) is 11.9 Å². The van der Waals surface area contributed by atoms with Gasteiger partial charge in [-0.15, -0.1) is 11.3 Å². The van der Waals surface area contributed by atoms with Crippen molar-refractivity contribution in [3.8, 4) is 0 Å². The molecule has 0 saturated carbocycles. The summed E-state index contributed by atoms with van der Waals surface area (Å²) in [6.45, 7) is 9.87. The first kappa shape index (κ1) is 14.6. The highest BCUT2D eigenvalue weighted by Crippen LogP contribution is 2.16. The monoisotopic (exact) mass is 269 g/mol. The van der Waals surface area contributed by atoms with Crippen molar-refractivity contribution in [2.24, 2.45) is 0 Å². The molecule has 0 bridgehead atoms. The number of hydrogen-bond acceptors (Lipinski definition) is 4. The van der Waals surface area contributed by atoms with Gasteiger partial charge in [-0.25, -0.2) is 4.98 Å². The molecular weight excluding hydrogens is 250 g/mol. The number of carbonyl (C=O) groups is 2. The molecular formula is C12H19N3O2S. The van der Waals surface area contributed by atoms with E-state index in [1.165, 1.54) is 16.2 Å². The molecule has 6 heteroatoms. The van der Waals surface area contributed by atoms with Crippen LogP contribution in [0.3, 0.4) is 0 Å². The van der Waals surface area contributed by atoms with Crippen LogP contribution in [0.2, 0.25) is 0 Å². The zero-order chi connectivity index (χ0) is 13.9. The summed E-state index contributed by atoms with van der Waals surface area (Å²) in [5, 5.41) is 4.80. The summed E-state index contributed by atoms with van der Waals surface area (Å²) in [5.41, 5.74) is 0.452. The zero-order valence-corrected chi connectivity index (χ0v) is 12.2. The Kier molecular flexibility index (Phi) is 4.45. The SMILES string of the molecule is CCN(C(=O)C(=O)Nc1nc(C)cs1)C(C)(C)C. The van der Waals surface area contributed by atoms with Gasteiger partial charge in [0.25, 0.3) is 0 Å². The van der Waals surface area contributed by atoms with Crippen molar-refractivity contribution in [2.45, 2.75) is 40.2 Å². The van der Waals surface area contributed by atoms with Gasteiger partial charge in [-0.3, -0.25) is 14.9 Å². The number of nitrogens with one attached hydrogen (secondary N) is 1. The summed E-state index contributed by atoms with van der Waals surface area (Å²) < 4.78 is 0. The Morgan fingerprint density at radius 1 is 1.44 bits per heavy atom. The first-order valence-corrected chi connectivity index (χ1v) is 6.68. The van der Waals surface area contributed by atoms with Crippen molar-refractivity contribution >= 4 is 28.3 Å². The molecule has 0 fully saturated rings. The molecule has 0 aromatic carbocycles. The maximum absolute atomic E-state index is 12.0. The van der Waals surface area contributed by atoms with E-state index in [0.717, 1.165) is 5.69 Å². The molecule has 18 heavy (non-hydrogen) atoms.